The highest BCUT2D eigenvalue weighted by molar-refractivity contribution is 5.70. The van der Waals surface area contributed by atoms with Crippen LogP contribution in [0.1, 0.15) is 168 Å². The van der Waals surface area contributed by atoms with E-state index in [1.54, 1.807) is 0 Å². The second kappa shape index (κ2) is 40.5. The molecule has 0 aromatic carbocycles. The molecule has 0 fully saturated rings. The van der Waals surface area contributed by atoms with Crippen molar-refractivity contribution < 1.29 is 24.2 Å². The zero-order valence-corrected chi connectivity index (χ0v) is 32.1. The summed E-state index contributed by atoms with van der Waals surface area (Å²) in [5.74, 6) is -0.671. The first-order valence-corrected chi connectivity index (χ1v) is 20.1. The summed E-state index contributed by atoms with van der Waals surface area (Å²) in [5, 5.41) is 9.55. The third-order valence-electron chi connectivity index (χ3n) is 8.17. The predicted octanol–water partition coefficient (Wildman–Crippen LogP) is 12.7. The van der Waals surface area contributed by atoms with E-state index >= 15 is 0 Å². The molecule has 0 amide bonds. The predicted molar refractivity (Wildman–Crippen MR) is 214 cm³/mol. The lowest BCUT2D eigenvalue weighted by Crippen LogP contribution is -2.28. The van der Waals surface area contributed by atoms with E-state index in [1.807, 2.05) is 0 Å². The molecule has 0 saturated carbocycles. The van der Waals surface area contributed by atoms with E-state index in [0.717, 1.165) is 64.2 Å². The number of aliphatic hydroxyl groups excluding tert-OH is 1. The Morgan fingerprint density at radius 2 is 0.880 bits per heavy atom. The van der Waals surface area contributed by atoms with Crippen LogP contribution in [0.5, 0.6) is 0 Å². The van der Waals surface area contributed by atoms with E-state index in [9.17, 15) is 14.7 Å². The number of unbranched alkanes of at least 4 members (excludes halogenated alkanes) is 13. The van der Waals surface area contributed by atoms with Crippen molar-refractivity contribution in [3.05, 3.63) is 85.1 Å². The van der Waals surface area contributed by atoms with Gasteiger partial charge in [0.1, 0.15) is 6.61 Å². The molecule has 0 rings (SSSR count). The number of rotatable bonds is 35. The summed E-state index contributed by atoms with van der Waals surface area (Å²) >= 11 is 0. The number of hydrogen-bond acceptors (Lipinski definition) is 5. The minimum absolute atomic E-state index is 0.0954. The third-order valence-corrected chi connectivity index (χ3v) is 8.17. The van der Waals surface area contributed by atoms with Crippen LogP contribution in [-0.2, 0) is 19.1 Å². The topological polar surface area (TPSA) is 72.8 Å². The summed E-state index contributed by atoms with van der Waals surface area (Å²) in [6, 6.07) is 0. The fourth-order valence-corrected chi connectivity index (χ4v) is 5.15. The molecule has 0 aliphatic heterocycles. The first kappa shape index (κ1) is 47.1. The van der Waals surface area contributed by atoms with Crippen molar-refractivity contribution in [2.45, 2.75) is 174 Å². The van der Waals surface area contributed by atoms with Gasteiger partial charge in [0.2, 0.25) is 0 Å². The van der Waals surface area contributed by atoms with Crippen LogP contribution in [0.2, 0.25) is 0 Å². The summed E-state index contributed by atoms with van der Waals surface area (Å²) in [5.41, 5.74) is 0. The quantitative estimate of drug-likeness (QED) is 0.0406. The molecular weight excluding hydrogens is 620 g/mol. The van der Waals surface area contributed by atoms with Crippen LogP contribution in [0.15, 0.2) is 85.1 Å². The molecule has 0 aliphatic carbocycles. The number of carbonyl (C=O) groups is 2. The third kappa shape index (κ3) is 37.9. The molecule has 5 heteroatoms. The smallest absolute Gasteiger partial charge is 0.306 e. The van der Waals surface area contributed by atoms with Crippen molar-refractivity contribution in [3.8, 4) is 0 Å². The van der Waals surface area contributed by atoms with Gasteiger partial charge >= 0.3 is 11.9 Å². The van der Waals surface area contributed by atoms with Crippen molar-refractivity contribution in [2.24, 2.45) is 0 Å². The van der Waals surface area contributed by atoms with Crippen molar-refractivity contribution >= 4 is 11.9 Å². The second-order valence-electron chi connectivity index (χ2n) is 13.0. The van der Waals surface area contributed by atoms with Crippen LogP contribution < -0.4 is 0 Å². The Morgan fingerprint density at radius 1 is 0.480 bits per heavy atom. The number of esters is 2. The Bertz CT molecular complexity index is 968. The molecule has 0 heterocycles. The molecule has 0 aliphatic rings. The van der Waals surface area contributed by atoms with Gasteiger partial charge in [-0.15, -0.1) is 0 Å². The normalized spacial score (nSPS) is 13.1. The fourth-order valence-electron chi connectivity index (χ4n) is 5.15. The zero-order valence-electron chi connectivity index (χ0n) is 32.1. The molecule has 1 N–H and O–H groups in total. The maximum Gasteiger partial charge on any atom is 0.306 e. The summed E-state index contributed by atoms with van der Waals surface area (Å²) in [6.07, 6.45) is 55.0. The van der Waals surface area contributed by atoms with E-state index in [1.165, 1.54) is 70.6 Å². The van der Waals surface area contributed by atoms with Gasteiger partial charge in [-0.3, -0.25) is 9.59 Å². The molecule has 50 heavy (non-hydrogen) atoms. The summed E-state index contributed by atoms with van der Waals surface area (Å²) in [6.45, 7) is 3.93. The van der Waals surface area contributed by atoms with E-state index in [2.05, 4.69) is 98.9 Å². The molecule has 5 nitrogen and oxygen atoms in total. The molecule has 0 saturated heterocycles. The maximum absolute atomic E-state index is 12.2. The van der Waals surface area contributed by atoms with Gasteiger partial charge < -0.3 is 14.6 Å². The SMILES string of the molecule is CC/C=C/C/C=C/C/C=C/C/C=C/C/C=C/CCCC(=O)O[C@@H](CO)COC(=O)CCCCCCCCCCC/C=C/C/C=C/CCCCC. The number of ether oxygens (including phenoxy) is 2. The first-order chi connectivity index (χ1) is 24.6. The molecule has 0 radical (unpaired) electrons. The molecule has 0 aromatic heterocycles. The van der Waals surface area contributed by atoms with E-state index in [-0.39, 0.29) is 31.6 Å². The van der Waals surface area contributed by atoms with Gasteiger partial charge in [-0.05, 0) is 83.5 Å². The molecule has 0 spiro atoms. The summed E-state index contributed by atoms with van der Waals surface area (Å²) in [7, 11) is 0. The van der Waals surface area contributed by atoms with Crippen LogP contribution in [-0.4, -0.2) is 36.4 Å². The molecule has 0 bridgehead atoms. The Labute approximate surface area is 307 Å². The van der Waals surface area contributed by atoms with Gasteiger partial charge in [0.25, 0.3) is 0 Å². The standard InChI is InChI=1S/C45H74O5/c1-3-5-7-9-11-13-15-17-19-21-22-24-25-27-29-31-33-35-37-39-44(47)49-42-43(41-46)50-45(48)40-38-36-34-32-30-28-26-23-20-18-16-14-12-10-8-6-4-2/h6,8,11-14,17-20,26,28,32,34,43,46H,3-5,7,9-10,15-16,21-25,27,29-31,33,35-42H2,1-2H3/b8-6+,13-11+,14-12+,19-17+,20-18+,28-26+,34-32+/t43-/m0/s1. The highest BCUT2D eigenvalue weighted by Crippen LogP contribution is 2.12. The second-order valence-corrected chi connectivity index (χ2v) is 13.0. The van der Waals surface area contributed by atoms with E-state index in [0.29, 0.717) is 12.8 Å². The van der Waals surface area contributed by atoms with Crippen LogP contribution in [0.25, 0.3) is 0 Å². The van der Waals surface area contributed by atoms with Crippen LogP contribution in [0, 0.1) is 0 Å². The van der Waals surface area contributed by atoms with Gasteiger partial charge in [-0.2, -0.15) is 0 Å². The first-order valence-electron chi connectivity index (χ1n) is 20.1. The lowest BCUT2D eigenvalue weighted by molar-refractivity contribution is -0.161. The van der Waals surface area contributed by atoms with Gasteiger partial charge in [0.15, 0.2) is 6.10 Å². The van der Waals surface area contributed by atoms with Crippen LogP contribution in [0.4, 0.5) is 0 Å². The molecular formula is C45H74O5. The summed E-state index contributed by atoms with van der Waals surface area (Å²) in [4.78, 5) is 24.3. The Morgan fingerprint density at radius 3 is 1.36 bits per heavy atom. The van der Waals surface area contributed by atoms with Gasteiger partial charge in [-0.25, -0.2) is 0 Å². The number of allylic oxidation sites excluding steroid dienone is 14. The minimum Gasteiger partial charge on any atom is -0.462 e. The number of hydrogen-bond donors (Lipinski definition) is 1. The Hall–Kier alpha value is -2.92. The van der Waals surface area contributed by atoms with Crippen molar-refractivity contribution in [2.75, 3.05) is 13.2 Å². The zero-order chi connectivity index (χ0) is 36.4. The Kier molecular flexibility index (Phi) is 38.1. The maximum atomic E-state index is 12.2. The van der Waals surface area contributed by atoms with Gasteiger partial charge in [0.05, 0.1) is 6.61 Å². The Balaban J connectivity index is 3.67. The average molecular weight is 695 g/mol. The average Bonchev–Trinajstić information content (AvgIpc) is 3.12. The molecule has 1 atom stereocenters. The monoisotopic (exact) mass is 695 g/mol. The molecule has 0 unspecified atom stereocenters. The van der Waals surface area contributed by atoms with Crippen LogP contribution >= 0.6 is 0 Å². The summed E-state index contributed by atoms with van der Waals surface area (Å²) < 4.78 is 10.6. The lowest BCUT2D eigenvalue weighted by Gasteiger charge is -2.15. The van der Waals surface area contributed by atoms with E-state index < -0.39 is 6.10 Å². The fraction of sp³-hybridized carbons (Fsp3) is 0.644. The van der Waals surface area contributed by atoms with Gasteiger partial charge in [-0.1, -0.05) is 157 Å². The highest BCUT2D eigenvalue weighted by atomic mass is 16.6. The van der Waals surface area contributed by atoms with Gasteiger partial charge in [0, 0.05) is 12.8 Å². The molecule has 0 aromatic rings. The van der Waals surface area contributed by atoms with Crippen LogP contribution in [0.3, 0.4) is 0 Å². The minimum atomic E-state index is -0.807. The van der Waals surface area contributed by atoms with Crippen molar-refractivity contribution in [1.82, 2.24) is 0 Å². The lowest BCUT2D eigenvalue weighted by atomic mass is 10.1. The van der Waals surface area contributed by atoms with Crippen molar-refractivity contribution in [1.29, 1.82) is 0 Å². The molecule has 284 valence electrons. The number of aliphatic hydroxyl groups is 1. The van der Waals surface area contributed by atoms with E-state index in [4.69, 9.17) is 9.47 Å². The van der Waals surface area contributed by atoms with Crippen molar-refractivity contribution in [3.63, 3.8) is 0 Å². The number of carbonyl (C=O) groups excluding carboxylic acids is 2. The largest absolute Gasteiger partial charge is 0.462 e. The highest BCUT2D eigenvalue weighted by Gasteiger charge is 2.15.